The Labute approximate surface area is 167 Å². The molecule has 1 aromatic rings. The lowest BCUT2D eigenvalue weighted by atomic mass is 9.92. The third kappa shape index (κ3) is 4.01. The summed E-state index contributed by atoms with van der Waals surface area (Å²) < 4.78 is 17.3. The summed E-state index contributed by atoms with van der Waals surface area (Å²) in [6.07, 6.45) is 2.30. The van der Waals surface area contributed by atoms with Gasteiger partial charge in [-0.15, -0.1) is 12.6 Å². The lowest BCUT2D eigenvalue weighted by Crippen LogP contribution is -2.37. The van der Waals surface area contributed by atoms with Gasteiger partial charge in [0.05, 0.1) is 23.6 Å². The lowest BCUT2D eigenvalue weighted by Gasteiger charge is -2.33. The Morgan fingerprint density at radius 3 is 2.67 bits per heavy atom. The van der Waals surface area contributed by atoms with Crippen molar-refractivity contribution in [3.8, 4) is 5.75 Å². The second-order valence-electron chi connectivity index (χ2n) is 7.36. The highest BCUT2D eigenvalue weighted by atomic mass is 32.2. The minimum Gasteiger partial charge on any atom is -0.495 e. The van der Waals surface area contributed by atoms with Crippen molar-refractivity contribution in [1.29, 1.82) is 0 Å². The first-order valence-electron chi connectivity index (χ1n) is 9.20. The number of amides is 2. The SMILES string of the molecule is COc1ccc(CC2C(=O)NC(S)S2=O)c2c1N(CCC(C)C)C(=O)CC2. The third-order valence-electron chi connectivity index (χ3n) is 5.12. The van der Waals surface area contributed by atoms with Gasteiger partial charge < -0.3 is 15.0 Å². The van der Waals surface area contributed by atoms with Crippen LogP contribution in [0, 0.1) is 5.92 Å². The number of carbonyl (C=O) groups is 2. The number of thiol groups is 1. The van der Waals surface area contributed by atoms with Crippen LogP contribution in [0.25, 0.3) is 0 Å². The predicted molar refractivity (Wildman–Crippen MR) is 110 cm³/mol. The molecule has 2 aliphatic rings. The van der Waals surface area contributed by atoms with Gasteiger partial charge in [0.25, 0.3) is 0 Å². The van der Waals surface area contributed by atoms with Crippen LogP contribution in [0.3, 0.4) is 0 Å². The standard InChI is InChI=1S/C19H26N2O4S2/c1-11(2)8-9-21-16(22)7-5-13-12(4-6-14(25-3)17(13)21)10-15-18(23)20-19(26)27(15)24/h4,6,11,15,19,26H,5,7-10H2,1-3H3,(H,20,23). The largest absolute Gasteiger partial charge is 0.495 e. The Morgan fingerprint density at radius 1 is 1.33 bits per heavy atom. The molecule has 0 radical (unpaired) electrons. The van der Waals surface area contributed by atoms with Crippen LogP contribution in [0.15, 0.2) is 12.1 Å². The van der Waals surface area contributed by atoms with Crippen LogP contribution in [0.2, 0.25) is 0 Å². The Bertz CT molecular complexity index is 781. The van der Waals surface area contributed by atoms with Gasteiger partial charge in [0, 0.05) is 13.0 Å². The van der Waals surface area contributed by atoms with E-state index in [1.54, 1.807) is 7.11 Å². The van der Waals surface area contributed by atoms with Gasteiger partial charge in [-0.1, -0.05) is 19.9 Å². The Kier molecular flexibility index (Phi) is 6.15. The van der Waals surface area contributed by atoms with Gasteiger partial charge >= 0.3 is 0 Å². The van der Waals surface area contributed by atoms with Crippen LogP contribution < -0.4 is 15.0 Å². The molecule has 2 amide bonds. The average Bonchev–Trinajstić information content (AvgIpc) is 2.86. The molecule has 1 saturated heterocycles. The van der Waals surface area contributed by atoms with E-state index in [2.05, 4.69) is 31.8 Å². The molecule has 0 spiro atoms. The van der Waals surface area contributed by atoms with E-state index in [0.29, 0.717) is 37.5 Å². The molecule has 1 fully saturated rings. The molecule has 0 aromatic heterocycles. The molecule has 3 unspecified atom stereocenters. The van der Waals surface area contributed by atoms with Crippen LogP contribution in [-0.4, -0.2) is 39.6 Å². The minimum atomic E-state index is -1.38. The highest BCUT2D eigenvalue weighted by Gasteiger charge is 2.39. The Hall–Kier alpha value is -1.54. The number of benzene rings is 1. The normalized spacial score (nSPS) is 24.9. The van der Waals surface area contributed by atoms with Gasteiger partial charge in [-0.05, 0) is 42.4 Å². The molecule has 2 aliphatic heterocycles. The summed E-state index contributed by atoms with van der Waals surface area (Å²) in [6.45, 7) is 4.90. The summed E-state index contributed by atoms with van der Waals surface area (Å²) in [7, 11) is 0.220. The number of methoxy groups -OCH3 is 1. The van der Waals surface area contributed by atoms with E-state index in [1.165, 1.54) is 0 Å². The number of fused-ring (bicyclic) bond motifs is 1. The molecule has 0 aliphatic carbocycles. The van der Waals surface area contributed by atoms with Crippen LogP contribution in [0.4, 0.5) is 5.69 Å². The monoisotopic (exact) mass is 410 g/mol. The number of nitrogens with one attached hydrogen (secondary N) is 1. The molecular formula is C19H26N2O4S2. The van der Waals surface area contributed by atoms with Gasteiger partial charge in [0.2, 0.25) is 11.8 Å². The molecular weight excluding hydrogens is 384 g/mol. The van der Waals surface area contributed by atoms with Crippen LogP contribution >= 0.6 is 12.6 Å². The molecule has 0 bridgehead atoms. The summed E-state index contributed by atoms with van der Waals surface area (Å²) >= 11 is 4.17. The van der Waals surface area contributed by atoms with Crippen molar-refractivity contribution in [2.45, 2.75) is 49.5 Å². The predicted octanol–water partition coefficient (Wildman–Crippen LogP) is 2.02. The summed E-state index contributed by atoms with van der Waals surface area (Å²) in [5.41, 5.74) is 2.77. The maximum atomic E-state index is 12.6. The van der Waals surface area contributed by atoms with Crippen LogP contribution in [0.1, 0.15) is 37.8 Å². The number of nitrogens with zero attached hydrogens (tertiary/aromatic N) is 1. The van der Waals surface area contributed by atoms with E-state index < -0.39 is 20.8 Å². The van der Waals surface area contributed by atoms with E-state index in [-0.39, 0.29) is 11.8 Å². The summed E-state index contributed by atoms with van der Waals surface area (Å²) in [5.74, 6) is 1.00. The summed E-state index contributed by atoms with van der Waals surface area (Å²) in [5, 5.41) is 2.01. The fourth-order valence-corrected chi connectivity index (χ4v) is 5.35. The average molecular weight is 411 g/mol. The fraction of sp³-hybridized carbons (Fsp3) is 0.579. The zero-order chi connectivity index (χ0) is 19.7. The van der Waals surface area contributed by atoms with E-state index >= 15 is 0 Å². The molecule has 8 heteroatoms. The number of hydrogen-bond donors (Lipinski definition) is 2. The maximum absolute atomic E-state index is 12.6. The molecule has 27 heavy (non-hydrogen) atoms. The highest BCUT2D eigenvalue weighted by Crippen LogP contribution is 2.40. The second kappa shape index (κ2) is 8.22. The molecule has 1 aromatic carbocycles. The first kappa shape index (κ1) is 20.2. The highest BCUT2D eigenvalue weighted by molar-refractivity contribution is 8.02. The molecule has 3 atom stereocenters. The van der Waals surface area contributed by atoms with Crippen molar-refractivity contribution in [2.75, 3.05) is 18.6 Å². The Balaban J connectivity index is 1.97. The van der Waals surface area contributed by atoms with Crippen molar-refractivity contribution in [3.05, 3.63) is 23.3 Å². The number of hydrogen-bond acceptors (Lipinski definition) is 5. The van der Waals surface area contributed by atoms with Crippen molar-refractivity contribution in [2.24, 2.45) is 5.92 Å². The molecule has 1 N–H and O–H groups in total. The Morgan fingerprint density at radius 2 is 2.07 bits per heavy atom. The maximum Gasteiger partial charge on any atom is 0.237 e. The zero-order valence-electron chi connectivity index (χ0n) is 15.9. The van der Waals surface area contributed by atoms with Gasteiger partial charge in [-0.2, -0.15) is 0 Å². The topological polar surface area (TPSA) is 75.7 Å². The second-order valence-corrected chi connectivity index (χ2v) is 9.93. The smallest absolute Gasteiger partial charge is 0.237 e. The van der Waals surface area contributed by atoms with Crippen molar-refractivity contribution in [3.63, 3.8) is 0 Å². The summed E-state index contributed by atoms with van der Waals surface area (Å²) in [6, 6.07) is 3.76. The van der Waals surface area contributed by atoms with E-state index in [9.17, 15) is 13.8 Å². The van der Waals surface area contributed by atoms with Crippen LogP contribution in [0.5, 0.6) is 5.75 Å². The third-order valence-corrected chi connectivity index (χ3v) is 7.37. The summed E-state index contributed by atoms with van der Waals surface area (Å²) in [4.78, 5) is 26.5. The lowest BCUT2D eigenvalue weighted by molar-refractivity contribution is -0.120. The molecule has 148 valence electrons. The quantitative estimate of drug-likeness (QED) is 0.704. The molecule has 3 rings (SSSR count). The van der Waals surface area contributed by atoms with Crippen molar-refractivity contribution < 1.29 is 18.5 Å². The van der Waals surface area contributed by atoms with E-state index in [0.717, 1.165) is 23.2 Å². The fourth-order valence-electron chi connectivity index (χ4n) is 3.61. The number of carbonyl (C=O) groups excluding carboxylic acids is 2. The molecule has 6 nitrogen and oxygen atoms in total. The number of ether oxygens (including phenoxy) is 1. The van der Waals surface area contributed by atoms with E-state index in [4.69, 9.17) is 4.74 Å². The van der Waals surface area contributed by atoms with Gasteiger partial charge in [0.1, 0.15) is 15.7 Å². The number of anilines is 1. The van der Waals surface area contributed by atoms with Gasteiger partial charge in [-0.3, -0.25) is 13.8 Å². The van der Waals surface area contributed by atoms with E-state index in [1.807, 2.05) is 17.0 Å². The first-order chi connectivity index (χ1) is 12.8. The molecule has 0 saturated carbocycles. The van der Waals surface area contributed by atoms with Crippen LogP contribution in [-0.2, 0) is 33.2 Å². The van der Waals surface area contributed by atoms with Crippen molar-refractivity contribution >= 4 is 40.9 Å². The number of rotatable bonds is 6. The van der Waals surface area contributed by atoms with Gasteiger partial charge in [-0.25, -0.2) is 0 Å². The van der Waals surface area contributed by atoms with Gasteiger partial charge in [0.15, 0.2) is 0 Å². The minimum absolute atomic E-state index is 0.0937. The first-order valence-corrected chi connectivity index (χ1v) is 11.0. The van der Waals surface area contributed by atoms with Crippen molar-refractivity contribution in [1.82, 2.24) is 5.32 Å². The molecule has 2 heterocycles. The zero-order valence-corrected chi connectivity index (χ0v) is 17.6.